The molecular weight excluding hydrogens is 314 g/mol. The molecule has 2 rings (SSSR count). The van der Waals surface area contributed by atoms with Crippen molar-refractivity contribution in [3.8, 4) is 0 Å². The fourth-order valence-electron chi connectivity index (χ4n) is 2.19. The first-order valence-corrected chi connectivity index (χ1v) is 7.53. The topological polar surface area (TPSA) is 63.7 Å². The fourth-order valence-corrected chi connectivity index (χ4v) is 3.30. The number of halogens is 1. The lowest BCUT2D eigenvalue weighted by molar-refractivity contribution is -0.117. The maximum Gasteiger partial charge on any atom is 0.339 e. The molecule has 21 heavy (non-hydrogen) atoms. The van der Waals surface area contributed by atoms with Crippen molar-refractivity contribution < 1.29 is 19.1 Å². The summed E-state index contributed by atoms with van der Waals surface area (Å²) in [6, 6.07) is 4.77. The number of amides is 1. The van der Waals surface area contributed by atoms with Crippen molar-refractivity contribution in [2.24, 2.45) is 0 Å². The Balaban J connectivity index is 2.24. The molecule has 0 spiro atoms. The van der Waals surface area contributed by atoms with E-state index in [1.165, 1.54) is 20.1 Å². The van der Waals surface area contributed by atoms with Gasteiger partial charge in [-0.2, -0.15) is 0 Å². The highest BCUT2D eigenvalue weighted by atomic mass is 35.5. The molecule has 1 unspecified atom stereocenters. The van der Waals surface area contributed by atoms with Gasteiger partial charge in [0, 0.05) is 30.8 Å². The van der Waals surface area contributed by atoms with Crippen LogP contribution in [0.25, 0.3) is 0 Å². The molecule has 0 bridgehead atoms. The molecule has 1 heterocycles. The summed E-state index contributed by atoms with van der Waals surface area (Å²) >= 11 is 7.12. The van der Waals surface area contributed by atoms with Crippen LogP contribution in [0.2, 0.25) is 5.02 Å². The van der Waals surface area contributed by atoms with Gasteiger partial charge in [0.1, 0.15) is 0 Å². The van der Waals surface area contributed by atoms with Gasteiger partial charge in [0.15, 0.2) is 5.12 Å². The van der Waals surface area contributed by atoms with E-state index < -0.39 is 5.97 Å². The van der Waals surface area contributed by atoms with E-state index in [-0.39, 0.29) is 26.9 Å². The number of nitrogens with zero attached hydrogens (tertiary/aromatic N) is 1. The van der Waals surface area contributed by atoms with Crippen LogP contribution < -0.4 is 4.90 Å². The molecule has 112 valence electrons. The molecule has 5 nitrogen and oxygen atoms in total. The van der Waals surface area contributed by atoms with Gasteiger partial charge in [0.05, 0.1) is 17.7 Å². The van der Waals surface area contributed by atoms with E-state index in [1.54, 1.807) is 17.0 Å². The van der Waals surface area contributed by atoms with Crippen LogP contribution in [0, 0.1) is 0 Å². The van der Waals surface area contributed by atoms with Crippen LogP contribution in [0.5, 0.6) is 0 Å². The molecule has 0 N–H and O–H groups in total. The Bertz CT molecular complexity index is 605. The minimum atomic E-state index is -0.553. The molecule has 7 heteroatoms. The quantitative estimate of drug-likeness (QED) is 0.798. The molecule has 0 saturated carbocycles. The summed E-state index contributed by atoms with van der Waals surface area (Å²) in [6.07, 6.45) is 0.306. The Morgan fingerprint density at radius 1 is 1.43 bits per heavy atom. The molecule has 1 fully saturated rings. The van der Waals surface area contributed by atoms with Gasteiger partial charge < -0.3 is 9.64 Å². The zero-order valence-electron chi connectivity index (χ0n) is 11.6. The average molecular weight is 328 g/mol. The minimum Gasteiger partial charge on any atom is -0.465 e. The summed E-state index contributed by atoms with van der Waals surface area (Å²) < 4.78 is 4.66. The van der Waals surface area contributed by atoms with Crippen molar-refractivity contribution in [3.05, 3.63) is 28.8 Å². The first kappa shape index (κ1) is 15.9. The third kappa shape index (κ3) is 3.57. The van der Waals surface area contributed by atoms with Crippen molar-refractivity contribution in [1.29, 1.82) is 0 Å². The number of hydrogen-bond donors (Lipinski definition) is 0. The molecule has 1 aliphatic rings. The largest absolute Gasteiger partial charge is 0.465 e. The molecule has 0 radical (unpaired) electrons. The summed E-state index contributed by atoms with van der Waals surface area (Å²) in [6.45, 7) is 1.92. The monoisotopic (exact) mass is 327 g/mol. The van der Waals surface area contributed by atoms with E-state index >= 15 is 0 Å². The Labute approximate surface area is 131 Å². The van der Waals surface area contributed by atoms with E-state index in [1.807, 2.05) is 0 Å². The lowest BCUT2D eigenvalue weighted by Crippen LogP contribution is -2.25. The molecule has 1 amide bonds. The van der Waals surface area contributed by atoms with Gasteiger partial charge in [-0.1, -0.05) is 23.4 Å². The molecule has 1 aliphatic heterocycles. The van der Waals surface area contributed by atoms with Crippen molar-refractivity contribution >= 4 is 46.0 Å². The lowest BCUT2D eigenvalue weighted by atomic mass is 10.2. The third-order valence-electron chi connectivity index (χ3n) is 3.09. The Kier molecular flexibility index (Phi) is 4.90. The minimum absolute atomic E-state index is 0.0130. The summed E-state index contributed by atoms with van der Waals surface area (Å²) in [5.74, 6) is -0.630. The zero-order chi connectivity index (χ0) is 15.6. The zero-order valence-corrected chi connectivity index (χ0v) is 13.2. The highest BCUT2D eigenvalue weighted by Gasteiger charge is 2.32. The maximum atomic E-state index is 12.1. The van der Waals surface area contributed by atoms with Gasteiger partial charge in [-0.05, 0) is 18.2 Å². The van der Waals surface area contributed by atoms with Crippen LogP contribution in [0.1, 0.15) is 23.7 Å². The van der Waals surface area contributed by atoms with Crippen molar-refractivity contribution in [2.75, 3.05) is 18.6 Å². The van der Waals surface area contributed by atoms with Crippen molar-refractivity contribution in [1.82, 2.24) is 0 Å². The van der Waals surface area contributed by atoms with Crippen LogP contribution in [-0.2, 0) is 14.3 Å². The molecule has 0 aromatic heterocycles. The number of anilines is 1. The number of esters is 1. The number of carbonyl (C=O) groups excluding carboxylic acids is 3. The number of benzene rings is 1. The summed E-state index contributed by atoms with van der Waals surface area (Å²) in [5, 5.41) is 0.195. The smallest absolute Gasteiger partial charge is 0.339 e. The second-order valence-corrected chi connectivity index (χ2v) is 6.48. The van der Waals surface area contributed by atoms with Gasteiger partial charge >= 0.3 is 5.97 Å². The Morgan fingerprint density at radius 3 is 2.76 bits per heavy atom. The standard InChI is InChI=1S/C14H14ClNO4S/c1-8(17)21-10-6-13(18)16(7-10)9-3-4-12(15)11(5-9)14(19)20-2/h3-5,10H,6-7H2,1-2H3. The van der Waals surface area contributed by atoms with Crippen LogP contribution in [-0.4, -0.2) is 35.9 Å². The maximum absolute atomic E-state index is 12.1. The SMILES string of the molecule is COC(=O)c1cc(N2CC(SC(C)=O)CC2=O)ccc1Cl. The summed E-state index contributed by atoms with van der Waals surface area (Å²) in [5.41, 5.74) is 0.795. The number of thioether (sulfide) groups is 1. The first-order chi connectivity index (χ1) is 9.92. The fraction of sp³-hybridized carbons (Fsp3) is 0.357. The Hall–Kier alpha value is -1.53. The summed E-state index contributed by atoms with van der Waals surface area (Å²) in [7, 11) is 1.27. The lowest BCUT2D eigenvalue weighted by Gasteiger charge is -2.17. The molecule has 1 saturated heterocycles. The van der Waals surface area contributed by atoms with Gasteiger partial charge in [0.25, 0.3) is 0 Å². The van der Waals surface area contributed by atoms with Crippen LogP contribution in [0.4, 0.5) is 5.69 Å². The predicted octanol–water partition coefficient (Wildman–Crippen LogP) is 2.51. The van der Waals surface area contributed by atoms with E-state index in [0.717, 1.165) is 11.8 Å². The molecule has 0 aliphatic carbocycles. The molecule has 1 aromatic carbocycles. The first-order valence-electron chi connectivity index (χ1n) is 6.28. The molecule has 1 atom stereocenters. The van der Waals surface area contributed by atoms with E-state index in [9.17, 15) is 14.4 Å². The van der Waals surface area contributed by atoms with Gasteiger partial charge in [-0.25, -0.2) is 4.79 Å². The van der Waals surface area contributed by atoms with E-state index in [2.05, 4.69) is 4.74 Å². The third-order valence-corrected chi connectivity index (χ3v) is 4.40. The average Bonchev–Trinajstić information content (AvgIpc) is 2.78. The van der Waals surface area contributed by atoms with Crippen LogP contribution in [0.15, 0.2) is 18.2 Å². The second kappa shape index (κ2) is 6.49. The normalized spacial score (nSPS) is 18.0. The van der Waals surface area contributed by atoms with E-state index in [0.29, 0.717) is 18.7 Å². The number of rotatable bonds is 3. The van der Waals surface area contributed by atoms with Gasteiger partial charge in [-0.3, -0.25) is 9.59 Å². The highest BCUT2D eigenvalue weighted by molar-refractivity contribution is 8.14. The van der Waals surface area contributed by atoms with Crippen LogP contribution in [0.3, 0.4) is 0 Å². The van der Waals surface area contributed by atoms with Crippen LogP contribution >= 0.6 is 23.4 Å². The number of hydrogen-bond acceptors (Lipinski definition) is 5. The molecule has 1 aromatic rings. The van der Waals surface area contributed by atoms with E-state index in [4.69, 9.17) is 11.6 Å². The van der Waals surface area contributed by atoms with Crippen molar-refractivity contribution in [2.45, 2.75) is 18.6 Å². The van der Waals surface area contributed by atoms with Gasteiger partial charge in [0.2, 0.25) is 5.91 Å². The second-order valence-electron chi connectivity index (χ2n) is 4.60. The Morgan fingerprint density at radius 2 is 2.14 bits per heavy atom. The highest BCUT2D eigenvalue weighted by Crippen LogP contribution is 2.31. The predicted molar refractivity (Wildman–Crippen MR) is 81.8 cm³/mol. The van der Waals surface area contributed by atoms with Crippen molar-refractivity contribution in [3.63, 3.8) is 0 Å². The van der Waals surface area contributed by atoms with Gasteiger partial charge in [-0.15, -0.1) is 0 Å². The summed E-state index contributed by atoms with van der Waals surface area (Å²) in [4.78, 5) is 36.4. The molecular formula is C14H14ClNO4S. The number of carbonyl (C=O) groups is 3. The number of ether oxygens (including phenoxy) is 1. The number of methoxy groups -OCH3 is 1.